The van der Waals surface area contributed by atoms with E-state index in [2.05, 4.69) is 19.4 Å². The Balaban J connectivity index is 0. The van der Waals surface area contributed by atoms with Gasteiger partial charge >= 0.3 is 35.8 Å². The SMILES string of the molecule is CC(=O)ON(CCN(OC(C)=O)OC(C)=O)OC(C)=O.O=C(O)C(=O)O. The van der Waals surface area contributed by atoms with Crippen LogP contribution in [0.4, 0.5) is 0 Å². The molecule has 26 heavy (non-hydrogen) atoms. The molecule has 0 aromatic heterocycles. The van der Waals surface area contributed by atoms with E-state index >= 15 is 0 Å². The molecule has 0 aliphatic heterocycles. The molecule has 2 N–H and O–H groups in total. The molecule has 0 amide bonds. The van der Waals surface area contributed by atoms with Gasteiger partial charge in [-0.25, -0.2) is 9.59 Å². The maximum absolute atomic E-state index is 10.8. The van der Waals surface area contributed by atoms with Gasteiger partial charge in [-0.05, 0) is 0 Å². The topological polar surface area (TPSA) is 186 Å². The molecule has 0 bridgehead atoms. The Morgan fingerprint density at radius 1 is 0.577 bits per heavy atom. The third-order valence-electron chi connectivity index (χ3n) is 1.57. The van der Waals surface area contributed by atoms with E-state index in [1.165, 1.54) is 0 Å². The van der Waals surface area contributed by atoms with E-state index < -0.39 is 35.8 Å². The van der Waals surface area contributed by atoms with Crippen LogP contribution in [-0.4, -0.2) is 69.6 Å². The van der Waals surface area contributed by atoms with E-state index in [0.717, 1.165) is 27.7 Å². The molecule has 0 fully saturated rings. The fourth-order valence-corrected chi connectivity index (χ4v) is 0.957. The van der Waals surface area contributed by atoms with Crippen LogP contribution in [0, 0.1) is 0 Å². The normalized spacial score (nSPS) is 9.46. The van der Waals surface area contributed by atoms with Gasteiger partial charge in [-0.3, -0.25) is 19.2 Å². The highest BCUT2D eigenvalue weighted by molar-refractivity contribution is 6.27. The molecule has 0 aromatic carbocycles. The van der Waals surface area contributed by atoms with Gasteiger partial charge in [0.2, 0.25) is 0 Å². The number of carboxylic acids is 2. The highest BCUT2D eigenvalue weighted by Crippen LogP contribution is 1.99. The van der Waals surface area contributed by atoms with Gasteiger partial charge in [0.05, 0.1) is 13.1 Å². The standard InChI is InChI=1S/C10H16N2O8.C2H2O4/c1-7(13)17-11(18-8(2)14)5-6-12(19-9(3)15)20-10(4)16;3-1(4)2(5)6/h5-6H2,1-4H3;(H,3,4)(H,5,6). The van der Waals surface area contributed by atoms with Crippen LogP contribution in [0.25, 0.3) is 0 Å². The molecule has 0 atom stereocenters. The first-order valence-corrected chi connectivity index (χ1v) is 6.60. The van der Waals surface area contributed by atoms with Gasteiger partial charge in [-0.15, -0.1) is 0 Å². The number of carbonyl (C=O) groups excluding carboxylic acids is 4. The molecule has 0 rings (SSSR count). The predicted molar refractivity (Wildman–Crippen MR) is 75.7 cm³/mol. The van der Waals surface area contributed by atoms with Crippen LogP contribution < -0.4 is 0 Å². The quantitative estimate of drug-likeness (QED) is 0.389. The van der Waals surface area contributed by atoms with Crippen molar-refractivity contribution in [3.05, 3.63) is 0 Å². The molecule has 14 nitrogen and oxygen atoms in total. The Morgan fingerprint density at radius 3 is 0.885 bits per heavy atom. The highest BCUT2D eigenvalue weighted by atomic mass is 17.0. The number of carbonyl (C=O) groups is 6. The number of hydroxylamine groups is 4. The molecule has 0 radical (unpaired) electrons. The average molecular weight is 382 g/mol. The summed E-state index contributed by atoms with van der Waals surface area (Å²) in [6.07, 6.45) is 0. The maximum atomic E-state index is 10.8. The van der Waals surface area contributed by atoms with Crippen molar-refractivity contribution in [1.29, 1.82) is 0 Å². The summed E-state index contributed by atoms with van der Waals surface area (Å²) in [6, 6.07) is 0. The summed E-state index contributed by atoms with van der Waals surface area (Å²) in [5.74, 6) is -6.55. The second-order valence-electron chi connectivity index (χ2n) is 4.05. The first-order valence-electron chi connectivity index (χ1n) is 6.60. The predicted octanol–water partition coefficient (Wildman–Crippen LogP) is -1.34. The summed E-state index contributed by atoms with van der Waals surface area (Å²) >= 11 is 0. The van der Waals surface area contributed by atoms with Crippen LogP contribution in [0.5, 0.6) is 0 Å². The third kappa shape index (κ3) is 17.1. The maximum Gasteiger partial charge on any atom is 0.414 e. The van der Waals surface area contributed by atoms with Crippen molar-refractivity contribution in [2.45, 2.75) is 27.7 Å². The second-order valence-corrected chi connectivity index (χ2v) is 4.05. The molecule has 0 saturated carbocycles. The molecule has 0 spiro atoms. The summed E-state index contributed by atoms with van der Waals surface area (Å²) in [5, 5.41) is 15.9. The molecule has 0 unspecified atom stereocenters. The number of aliphatic carboxylic acids is 2. The van der Waals surface area contributed by atoms with Crippen molar-refractivity contribution in [3.63, 3.8) is 0 Å². The smallest absolute Gasteiger partial charge is 0.414 e. The lowest BCUT2D eigenvalue weighted by atomic mass is 10.7. The summed E-state index contributed by atoms with van der Waals surface area (Å²) in [6.45, 7) is 3.97. The second kappa shape index (κ2) is 13.1. The van der Waals surface area contributed by atoms with E-state index in [1.54, 1.807) is 0 Å². The van der Waals surface area contributed by atoms with Crippen LogP contribution in [0.3, 0.4) is 0 Å². The Kier molecular flexibility index (Phi) is 12.6. The fourth-order valence-electron chi connectivity index (χ4n) is 0.957. The molecule has 0 aromatic rings. The van der Waals surface area contributed by atoms with E-state index in [0.29, 0.717) is 10.5 Å². The Bertz CT molecular complexity index is 466. The van der Waals surface area contributed by atoms with Crippen LogP contribution >= 0.6 is 0 Å². The number of rotatable bonds is 7. The molecule has 0 aliphatic carbocycles. The summed E-state index contributed by atoms with van der Waals surface area (Å²) in [4.78, 5) is 79.6. The van der Waals surface area contributed by atoms with E-state index in [-0.39, 0.29) is 13.1 Å². The number of carboxylic acid groups (broad SMARTS) is 2. The Labute approximate surface area is 146 Å². The Morgan fingerprint density at radius 2 is 0.769 bits per heavy atom. The van der Waals surface area contributed by atoms with Gasteiger partial charge in [0.1, 0.15) is 0 Å². The van der Waals surface area contributed by atoms with Crippen molar-refractivity contribution in [1.82, 2.24) is 10.5 Å². The summed E-state index contributed by atoms with van der Waals surface area (Å²) in [7, 11) is 0. The van der Waals surface area contributed by atoms with Crippen molar-refractivity contribution in [2.24, 2.45) is 0 Å². The first-order chi connectivity index (χ1) is 11.8. The van der Waals surface area contributed by atoms with Crippen molar-refractivity contribution in [3.8, 4) is 0 Å². The third-order valence-corrected chi connectivity index (χ3v) is 1.57. The minimum absolute atomic E-state index is 0.223. The zero-order valence-electron chi connectivity index (χ0n) is 14.3. The highest BCUT2D eigenvalue weighted by Gasteiger charge is 2.19. The molecular formula is C12H18N2O12. The van der Waals surface area contributed by atoms with Gasteiger partial charge in [0, 0.05) is 38.1 Å². The van der Waals surface area contributed by atoms with Crippen LogP contribution in [0.2, 0.25) is 0 Å². The largest absolute Gasteiger partial charge is 0.473 e. The van der Waals surface area contributed by atoms with Gasteiger partial charge in [0.15, 0.2) is 0 Å². The lowest BCUT2D eigenvalue weighted by Crippen LogP contribution is -2.38. The summed E-state index contributed by atoms with van der Waals surface area (Å²) in [5.41, 5.74) is 0. The van der Waals surface area contributed by atoms with E-state index in [4.69, 9.17) is 19.8 Å². The lowest BCUT2D eigenvalue weighted by Gasteiger charge is -2.22. The molecule has 14 heteroatoms. The molecular weight excluding hydrogens is 364 g/mol. The first kappa shape index (κ1) is 25.0. The van der Waals surface area contributed by atoms with Crippen LogP contribution in [0.15, 0.2) is 0 Å². The minimum Gasteiger partial charge on any atom is -0.473 e. The monoisotopic (exact) mass is 382 g/mol. The molecule has 0 heterocycles. The van der Waals surface area contributed by atoms with E-state index in [1.807, 2.05) is 0 Å². The summed E-state index contributed by atoms with van der Waals surface area (Å²) < 4.78 is 0. The molecule has 148 valence electrons. The van der Waals surface area contributed by atoms with Crippen LogP contribution in [-0.2, 0) is 48.1 Å². The van der Waals surface area contributed by atoms with Crippen LogP contribution in [0.1, 0.15) is 27.7 Å². The fraction of sp³-hybridized carbons (Fsp3) is 0.500. The van der Waals surface area contributed by atoms with Crippen molar-refractivity contribution in [2.75, 3.05) is 13.1 Å². The Hall–Kier alpha value is -3.26. The number of hydrogen-bond donors (Lipinski definition) is 2. The molecule has 0 saturated heterocycles. The van der Waals surface area contributed by atoms with Gasteiger partial charge in [0.25, 0.3) is 0 Å². The lowest BCUT2D eigenvalue weighted by molar-refractivity contribution is -0.354. The number of nitrogens with zero attached hydrogens (tertiary/aromatic N) is 2. The average Bonchev–Trinajstić information content (AvgIpc) is 2.42. The van der Waals surface area contributed by atoms with E-state index in [9.17, 15) is 19.2 Å². The molecule has 0 aliphatic rings. The zero-order chi connectivity index (χ0) is 20.9. The van der Waals surface area contributed by atoms with Gasteiger partial charge in [-0.1, -0.05) is 0 Å². The zero-order valence-corrected chi connectivity index (χ0v) is 14.3. The minimum atomic E-state index is -1.82. The number of hydrogen-bond acceptors (Lipinski definition) is 12. The van der Waals surface area contributed by atoms with Gasteiger partial charge in [-0.2, -0.15) is 0 Å². The van der Waals surface area contributed by atoms with Crippen molar-refractivity contribution < 1.29 is 58.3 Å². The van der Waals surface area contributed by atoms with Crippen molar-refractivity contribution >= 4 is 35.8 Å². The van der Waals surface area contributed by atoms with Gasteiger partial charge < -0.3 is 29.6 Å².